The van der Waals surface area contributed by atoms with Gasteiger partial charge in [-0.25, -0.2) is 9.97 Å². The van der Waals surface area contributed by atoms with Gasteiger partial charge in [0, 0.05) is 0 Å². The van der Waals surface area contributed by atoms with Gasteiger partial charge < -0.3 is 4.55 Å². The molecule has 0 saturated carbocycles. The van der Waals surface area contributed by atoms with Crippen molar-refractivity contribution in [3.63, 3.8) is 0 Å². The van der Waals surface area contributed by atoms with Crippen LogP contribution in [0.4, 0.5) is 0 Å². The third-order valence-electron chi connectivity index (χ3n) is 2.29. The Morgan fingerprint density at radius 3 is 2.87 bits per heavy atom. The second kappa shape index (κ2) is 3.13. The van der Waals surface area contributed by atoms with Crippen LogP contribution in [0.15, 0.2) is 30.6 Å². The summed E-state index contributed by atoms with van der Waals surface area (Å²) in [6, 6.07) is 7.46. The highest BCUT2D eigenvalue weighted by Crippen LogP contribution is 2.41. The molecule has 74 valence electrons. The minimum absolute atomic E-state index is 0.273. The van der Waals surface area contributed by atoms with Crippen LogP contribution in [0, 0.1) is 0 Å². The normalized spacial score (nSPS) is 12.5. The average Bonchev–Trinajstić information content (AvgIpc) is 2.55. The van der Waals surface area contributed by atoms with E-state index in [0.717, 1.165) is 10.1 Å². The molecule has 1 aromatic carbocycles. The van der Waals surface area contributed by atoms with E-state index in [1.807, 2.05) is 24.3 Å². The molecule has 0 aliphatic carbocycles. The van der Waals surface area contributed by atoms with Crippen LogP contribution in [0.3, 0.4) is 0 Å². The third kappa shape index (κ3) is 1.16. The van der Waals surface area contributed by atoms with E-state index in [0.29, 0.717) is 10.2 Å². The predicted octanol–water partition coefficient (Wildman–Crippen LogP) is 3.16. The molecule has 3 aromatic rings. The highest BCUT2D eigenvalue weighted by atomic mass is 35.5. The van der Waals surface area contributed by atoms with Gasteiger partial charge in [-0.2, -0.15) is 0 Å². The fourth-order valence-electron chi connectivity index (χ4n) is 1.64. The van der Waals surface area contributed by atoms with E-state index in [4.69, 9.17) is 11.6 Å². The van der Waals surface area contributed by atoms with E-state index < -0.39 is 10.8 Å². The summed E-state index contributed by atoms with van der Waals surface area (Å²) < 4.78 is 13.3. The van der Waals surface area contributed by atoms with Gasteiger partial charge in [-0.1, -0.05) is 23.7 Å². The van der Waals surface area contributed by atoms with Gasteiger partial charge in [-0.05, 0) is 22.9 Å². The van der Waals surface area contributed by atoms with Gasteiger partial charge in [0.2, 0.25) is 4.70 Å². The Labute approximate surface area is 93.1 Å². The number of fused-ring (bicyclic) bond motifs is 3. The van der Waals surface area contributed by atoms with Gasteiger partial charge >= 0.3 is 0 Å². The third-order valence-corrected chi connectivity index (χ3v) is 4.20. The van der Waals surface area contributed by atoms with Crippen LogP contribution in [0.5, 0.6) is 0 Å². The van der Waals surface area contributed by atoms with Crippen LogP contribution >= 0.6 is 22.4 Å². The van der Waals surface area contributed by atoms with Gasteiger partial charge in [0.25, 0.3) is 0 Å². The molecule has 0 radical (unpaired) electrons. The number of halogens is 1. The first-order valence-corrected chi connectivity index (χ1v) is 5.83. The van der Waals surface area contributed by atoms with Gasteiger partial charge in [-0.3, -0.25) is 0 Å². The zero-order chi connectivity index (χ0) is 10.4. The number of hydrogen-bond acceptors (Lipinski definition) is 3. The Bertz CT molecular complexity index is 665. The van der Waals surface area contributed by atoms with Gasteiger partial charge in [0.05, 0.1) is 5.39 Å². The standard InChI is InChI=1S/C10H5ClN2OS/c11-10-9-8(12-5-13-10)6-3-1-2-4-7(6)15(9)14/h1-5H. The smallest absolute Gasteiger partial charge is 0.236 e. The maximum Gasteiger partial charge on any atom is 0.236 e. The summed E-state index contributed by atoms with van der Waals surface area (Å²) in [7, 11) is -1.24. The SMILES string of the molecule is [O-][s+]1c2ccccc2c2ncnc(Cl)c21. The number of rotatable bonds is 0. The zero-order valence-corrected chi connectivity index (χ0v) is 9.05. The van der Waals surface area contributed by atoms with Crippen molar-refractivity contribution in [1.82, 2.24) is 9.97 Å². The fourth-order valence-corrected chi connectivity index (χ4v) is 3.32. The number of nitrogens with zero attached hydrogens (tertiary/aromatic N) is 2. The Balaban J connectivity index is 2.69. The molecule has 0 fully saturated rings. The number of hydrogen-bond donors (Lipinski definition) is 0. The molecular weight excluding hydrogens is 232 g/mol. The molecule has 15 heavy (non-hydrogen) atoms. The maximum absolute atomic E-state index is 12.1. The molecule has 0 aliphatic rings. The van der Waals surface area contributed by atoms with Crippen molar-refractivity contribution >= 4 is 42.7 Å². The summed E-state index contributed by atoms with van der Waals surface area (Å²) in [5, 5.41) is 1.16. The van der Waals surface area contributed by atoms with Crippen molar-refractivity contribution in [3.05, 3.63) is 35.7 Å². The quantitative estimate of drug-likeness (QED) is 0.445. The molecule has 2 aromatic heterocycles. The van der Waals surface area contributed by atoms with Gasteiger partial charge in [0.15, 0.2) is 9.85 Å². The lowest BCUT2D eigenvalue weighted by molar-refractivity contribution is 0.602. The molecule has 2 heterocycles. The molecule has 1 atom stereocenters. The van der Waals surface area contributed by atoms with E-state index in [1.165, 1.54) is 6.33 Å². The lowest BCUT2D eigenvalue weighted by Crippen LogP contribution is -1.78. The molecule has 1 unspecified atom stereocenters. The summed E-state index contributed by atoms with van der Waals surface area (Å²) in [6.07, 6.45) is 1.39. The molecule has 0 N–H and O–H groups in total. The van der Waals surface area contributed by atoms with E-state index in [-0.39, 0.29) is 5.15 Å². The van der Waals surface area contributed by atoms with Crippen LogP contribution < -0.4 is 0 Å². The van der Waals surface area contributed by atoms with Crippen molar-refractivity contribution in [2.45, 2.75) is 0 Å². The van der Waals surface area contributed by atoms with E-state index in [9.17, 15) is 4.55 Å². The largest absolute Gasteiger partial charge is 0.590 e. The van der Waals surface area contributed by atoms with Gasteiger partial charge in [0.1, 0.15) is 11.8 Å². The minimum Gasteiger partial charge on any atom is -0.590 e. The predicted molar refractivity (Wildman–Crippen MR) is 60.7 cm³/mol. The molecule has 0 bridgehead atoms. The summed E-state index contributed by atoms with van der Waals surface area (Å²) in [5.74, 6) is 0. The summed E-state index contributed by atoms with van der Waals surface area (Å²) in [5.41, 5.74) is 0.684. The highest BCUT2D eigenvalue weighted by Gasteiger charge is 2.19. The first-order valence-electron chi connectivity index (χ1n) is 4.30. The molecule has 3 rings (SSSR count). The van der Waals surface area contributed by atoms with Crippen LogP contribution in [-0.4, -0.2) is 14.5 Å². The van der Waals surface area contributed by atoms with Crippen LogP contribution in [-0.2, 0) is 0 Å². The maximum atomic E-state index is 12.1. The molecule has 0 amide bonds. The molecule has 3 nitrogen and oxygen atoms in total. The zero-order valence-electron chi connectivity index (χ0n) is 7.48. The minimum atomic E-state index is -1.24. The molecular formula is C10H5ClN2OS. The average molecular weight is 237 g/mol. The number of thiophene rings is 1. The summed E-state index contributed by atoms with van der Waals surface area (Å²) in [4.78, 5) is 7.97. The summed E-state index contributed by atoms with van der Waals surface area (Å²) >= 11 is 5.91. The lowest BCUT2D eigenvalue weighted by Gasteiger charge is -1.91. The van der Waals surface area contributed by atoms with Crippen molar-refractivity contribution in [2.24, 2.45) is 0 Å². The second-order valence-electron chi connectivity index (χ2n) is 3.11. The van der Waals surface area contributed by atoms with Crippen LogP contribution in [0.2, 0.25) is 5.15 Å². The van der Waals surface area contributed by atoms with E-state index in [1.54, 1.807) is 0 Å². The van der Waals surface area contributed by atoms with Crippen LogP contribution in [0.1, 0.15) is 0 Å². The Hall–Kier alpha value is -1.23. The van der Waals surface area contributed by atoms with Crippen molar-refractivity contribution in [1.29, 1.82) is 0 Å². The first-order chi connectivity index (χ1) is 7.29. The van der Waals surface area contributed by atoms with Crippen molar-refractivity contribution in [3.8, 4) is 0 Å². The van der Waals surface area contributed by atoms with Crippen LogP contribution in [0.25, 0.3) is 20.3 Å². The molecule has 0 aliphatic heterocycles. The lowest BCUT2D eigenvalue weighted by atomic mass is 10.2. The van der Waals surface area contributed by atoms with Gasteiger partial charge in [-0.15, -0.1) is 0 Å². The topological polar surface area (TPSA) is 48.8 Å². The summed E-state index contributed by atoms with van der Waals surface area (Å²) in [6.45, 7) is 0. The van der Waals surface area contributed by atoms with E-state index in [2.05, 4.69) is 9.97 Å². The molecule has 0 saturated heterocycles. The Morgan fingerprint density at radius 1 is 1.20 bits per heavy atom. The van der Waals surface area contributed by atoms with Crippen molar-refractivity contribution in [2.75, 3.05) is 0 Å². The molecule has 0 spiro atoms. The number of benzene rings is 1. The fraction of sp³-hybridized carbons (Fsp3) is 0. The monoisotopic (exact) mass is 236 g/mol. The Morgan fingerprint density at radius 2 is 2.00 bits per heavy atom. The molecule has 5 heteroatoms. The Kier molecular flexibility index (Phi) is 1.88. The van der Waals surface area contributed by atoms with E-state index >= 15 is 0 Å². The van der Waals surface area contributed by atoms with Crippen molar-refractivity contribution < 1.29 is 4.55 Å². The second-order valence-corrected chi connectivity index (χ2v) is 4.85. The highest BCUT2D eigenvalue weighted by molar-refractivity contribution is 7.38. The number of aromatic nitrogens is 2. The first kappa shape index (κ1) is 9.03.